The molecule has 4 N–H and O–H groups in total. The number of carbonyl (C=O) groups excluding carboxylic acids is 1. The fourth-order valence-electron chi connectivity index (χ4n) is 3.00. The maximum absolute atomic E-state index is 12.5. The normalized spacial score (nSPS) is 12.9. The number of carbonyl (C=O) groups is 2. The van der Waals surface area contributed by atoms with E-state index in [0.717, 1.165) is 36.6 Å². The summed E-state index contributed by atoms with van der Waals surface area (Å²) in [5.74, 6) is -1.49. The minimum atomic E-state index is -5.08. The molecule has 168 valence electrons. The molecule has 11 heteroatoms. The number of aliphatic carboxylic acids is 1. The number of aromatic nitrogens is 3. The molecule has 1 amide bonds. The van der Waals surface area contributed by atoms with Gasteiger partial charge in [-0.15, -0.1) is 0 Å². The highest BCUT2D eigenvalue weighted by Gasteiger charge is 2.38. The van der Waals surface area contributed by atoms with Crippen LogP contribution in [0.15, 0.2) is 42.5 Å². The average Bonchev–Trinajstić information content (AvgIpc) is 3.20. The van der Waals surface area contributed by atoms with Gasteiger partial charge < -0.3 is 15.7 Å². The van der Waals surface area contributed by atoms with Gasteiger partial charge in [-0.2, -0.15) is 18.3 Å². The van der Waals surface area contributed by atoms with Crippen molar-refractivity contribution in [3.05, 3.63) is 65.0 Å². The Balaban J connectivity index is 0.000000360. The zero-order valence-electron chi connectivity index (χ0n) is 17.0. The molecule has 0 bridgehead atoms. The minimum Gasteiger partial charge on any atom is -0.475 e. The van der Waals surface area contributed by atoms with E-state index in [1.165, 1.54) is 11.1 Å². The summed E-state index contributed by atoms with van der Waals surface area (Å²) in [4.78, 5) is 25.7. The number of carboxylic acids is 1. The number of fused-ring (bicyclic) bond motifs is 1. The quantitative estimate of drug-likeness (QED) is 0.489. The fourth-order valence-corrected chi connectivity index (χ4v) is 3.00. The van der Waals surface area contributed by atoms with E-state index in [9.17, 15) is 18.0 Å². The van der Waals surface area contributed by atoms with E-state index in [1.807, 2.05) is 31.2 Å². The predicted octanol–water partition coefficient (Wildman–Crippen LogP) is 3.31. The molecular formula is C21H20F3N5O3. The number of alkyl halides is 3. The number of halogens is 3. The number of hydrogen-bond donors (Lipinski definition) is 4. The van der Waals surface area contributed by atoms with Gasteiger partial charge in [-0.25, -0.2) is 9.78 Å². The number of rotatable bonds is 3. The molecule has 0 aliphatic carbocycles. The van der Waals surface area contributed by atoms with Crippen LogP contribution in [-0.4, -0.2) is 44.9 Å². The van der Waals surface area contributed by atoms with Gasteiger partial charge in [-0.05, 0) is 55.3 Å². The molecule has 2 heterocycles. The lowest BCUT2D eigenvalue weighted by atomic mass is 10.0. The molecule has 4 rings (SSSR count). The first kappa shape index (κ1) is 22.9. The molecule has 0 saturated carbocycles. The second-order valence-electron chi connectivity index (χ2n) is 6.99. The van der Waals surface area contributed by atoms with Crippen LogP contribution in [0.1, 0.15) is 27.3 Å². The molecule has 0 spiro atoms. The molecule has 0 radical (unpaired) electrons. The van der Waals surface area contributed by atoms with Crippen molar-refractivity contribution in [3.8, 4) is 11.4 Å². The molecule has 0 fully saturated rings. The van der Waals surface area contributed by atoms with E-state index in [4.69, 9.17) is 9.90 Å². The maximum atomic E-state index is 12.5. The monoisotopic (exact) mass is 447 g/mol. The number of hydrogen-bond acceptors (Lipinski definition) is 5. The van der Waals surface area contributed by atoms with E-state index in [-0.39, 0.29) is 5.91 Å². The fraction of sp³-hybridized carbons (Fsp3) is 0.238. The van der Waals surface area contributed by atoms with Gasteiger partial charge in [-0.1, -0.05) is 18.2 Å². The SMILES string of the molecule is Cc1nc(-c2ccc(C(=O)Nc3ccc4c(c3)CNCC4)cc2)n[nH]1.O=C(O)C(F)(F)F. The number of aryl methyl sites for hydroxylation is 1. The minimum absolute atomic E-state index is 0.124. The van der Waals surface area contributed by atoms with Crippen molar-refractivity contribution >= 4 is 17.6 Å². The van der Waals surface area contributed by atoms with Crippen LogP contribution >= 0.6 is 0 Å². The predicted molar refractivity (Wildman–Crippen MR) is 110 cm³/mol. The zero-order valence-corrected chi connectivity index (χ0v) is 17.0. The third-order valence-electron chi connectivity index (χ3n) is 4.60. The van der Waals surface area contributed by atoms with Gasteiger partial charge >= 0.3 is 12.1 Å². The first-order valence-corrected chi connectivity index (χ1v) is 9.57. The number of amides is 1. The Morgan fingerprint density at radius 3 is 2.38 bits per heavy atom. The second-order valence-corrected chi connectivity index (χ2v) is 6.99. The number of nitrogens with one attached hydrogen (secondary N) is 3. The van der Waals surface area contributed by atoms with E-state index < -0.39 is 12.1 Å². The Morgan fingerprint density at radius 1 is 1.09 bits per heavy atom. The Kier molecular flexibility index (Phi) is 6.89. The lowest BCUT2D eigenvalue weighted by Gasteiger charge is -2.18. The van der Waals surface area contributed by atoms with Gasteiger partial charge in [-0.3, -0.25) is 9.89 Å². The Hall–Kier alpha value is -3.73. The van der Waals surface area contributed by atoms with E-state index in [1.54, 1.807) is 12.1 Å². The number of aromatic amines is 1. The van der Waals surface area contributed by atoms with Crippen molar-refractivity contribution in [3.63, 3.8) is 0 Å². The van der Waals surface area contributed by atoms with Crippen molar-refractivity contribution in [1.82, 2.24) is 20.5 Å². The molecule has 32 heavy (non-hydrogen) atoms. The van der Waals surface area contributed by atoms with Crippen LogP contribution in [-0.2, 0) is 17.8 Å². The Morgan fingerprint density at radius 2 is 1.78 bits per heavy atom. The number of benzene rings is 2. The standard InChI is InChI=1S/C19H19N5O.C2HF3O2/c1-12-21-18(24-23-12)14-2-4-15(5-3-14)19(25)22-17-7-6-13-8-9-20-11-16(13)10-17;3-2(4,5)1(6)7/h2-7,10,20H,8-9,11H2,1H3,(H,22,25)(H,21,23,24);(H,6,7). The third-order valence-corrected chi connectivity index (χ3v) is 4.60. The van der Waals surface area contributed by atoms with Gasteiger partial charge in [0.15, 0.2) is 5.82 Å². The van der Waals surface area contributed by atoms with Crippen LogP contribution in [0.5, 0.6) is 0 Å². The lowest BCUT2D eigenvalue weighted by molar-refractivity contribution is -0.192. The van der Waals surface area contributed by atoms with Crippen molar-refractivity contribution in [2.75, 3.05) is 11.9 Å². The summed E-state index contributed by atoms with van der Waals surface area (Å²) in [7, 11) is 0. The summed E-state index contributed by atoms with van der Waals surface area (Å²) in [5, 5.41) is 20.4. The van der Waals surface area contributed by atoms with Crippen molar-refractivity contribution in [1.29, 1.82) is 0 Å². The summed E-state index contributed by atoms with van der Waals surface area (Å²) in [6.07, 6.45) is -4.05. The van der Waals surface area contributed by atoms with Gasteiger partial charge in [0.1, 0.15) is 5.82 Å². The summed E-state index contributed by atoms with van der Waals surface area (Å²) >= 11 is 0. The molecular weight excluding hydrogens is 427 g/mol. The Bertz CT molecular complexity index is 1110. The molecule has 1 aliphatic rings. The summed E-state index contributed by atoms with van der Waals surface area (Å²) in [6, 6.07) is 13.4. The van der Waals surface area contributed by atoms with Crippen LogP contribution in [0.25, 0.3) is 11.4 Å². The highest BCUT2D eigenvalue weighted by molar-refractivity contribution is 6.04. The maximum Gasteiger partial charge on any atom is 0.490 e. The van der Waals surface area contributed by atoms with Crippen molar-refractivity contribution < 1.29 is 27.9 Å². The topological polar surface area (TPSA) is 120 Å². The van der Waals surface area contributed by atoms with Crippen LogP contribution in [0.2, 0.25) is 0 Å². The average molecular weight is 447 g/mol. The summed E-state index contributed by atoms with van der Waals surface area (Å²) < 4.78 is 31.7. The zero-order chi connectivity index (χ0) is 23.3. The van der Waals surface area contributed by atoms with Gasteiger partial charge in [0.2, 0.25) is 0 Å². The molecule has 2 aromatic carbocycles. The highest BCUT2D eigenvalue weighted by Crippen LogP contribution is 2.20. The van der Waals surface area contributed by atoms with E-state index in [0.29, 0.717) is 11.4 Å². The van der Waals surface area contributed by atoms with Crippen LogP contribution in [0, 0.1) is 6.92 Å². The van der Waals surface area contributed by atoms with Crippen molar-refractivity contribution in [2.45, 2.75) is 26.1 Å². The Labute approximate surface area is 180 Å². The largest absolute Gasteiger partial charge is 0.490 e. The first-order chi connectivity index (χ1) is 15.1. The second kappa shape index (κ2) is 9.60. The smallest absolute Gasteiger partial charge is 0.475 e. The summed E-state index contributed by atoms with van der Waals surface area (Å²) in [5.41, 5.74) is 4.90. The van der Waals surface area contributed by atoms with E-state index in [2.05, 4.69) is 31.9 Å². The van der Waals surface area contributed by atoms with Crippen molar-refractivity contribution in [2.24, 2.45) is 0 Å². The first-order valence-electron chi connectivity index (χ1n) is 9.57. The molecule has 1 aromatic heterocycles. The van der Waals surface area contributed by atoms with Gasteiger partial charge in [0, 0.05) is 23.4 Å². The van der Waals surface area contributed by atoms with Gasteiger partial charge in [0.05, 0.1) is 0 Å². The molecule has 0 atom stereocenters. The highest BCUT2D eigenvalue weighted by atomic mass is 19.4. The third kappa shape index (κ3) is 5.91. The molecule has 0 unspecified atom stereocenters. The van der Waals surface area contributed by atoms with Crippen LogP contribution in [0.4, 0.5) is 18.9 Å². The molecule has 1 aliphatic heterocycles. The van der Waals surface area contributed by atoms with Crippen LogP contribution in [0.3, 0.4) is 0 Å². The summed E-state index contributed by atoms with van der Waals surface area (Å²) in [6.45, 7) is 3.71. The lowest BCUT2D eigenvalue weighted by Crippen LogP contribution is -2.23. The molecule has 8 nitrogen and oxygen atoms in total. The number of H-pyrrole nitrogens is 1. The number of anilines is 1. The van der Waals surface area contributed by atoms with E-state index >= 15 is 0 Å². The van der Waals surface area contributed by atoms with Crippen LogP contribution < -0.4 is 10.6 Å². The number of nitrogens with zero attached hydrogens (tertiary/aromatic N) is 2. The number of carboxylic acid groups (broad SMARTS) is 1. The molecule has 3 aromatic rings. The molecule has 0 saturated heterocycles. The van der Waals surface area contributed by atoms with Gasteiger partial charge in [0.25, 0.3) is 5.91 Å².